The van der Waals surface area contributed by atoms with Crippen molar-refractivity contribution in [3.63, 3.8) is 0 Å². The highest BCUT2D eigenvalue weighted by Crippen LogP contribution is 2.20. The van der Waals surface area contributed by atoms with Crippen molar-refractivity contribution in [2.45, 2.75) is 13.8 Å². The Balaban J connectivity index is 2.89. The van der Waals surface area contributed by atoms with Crippen LogP contribution in [0.4, 0.5) is 4.39 Å². The van der Waals surface area contributed by atoms with E-state index in [1.807, 2.05) is 13.8 Å². The first-order chi connectivity index (χ1) is 8.49. The SMILES string of the molecule is CCN(CC(C)CN)C(=O)c1ccc(F)cc1O. The molecular weight excluding hydrogens is 235 g/mol. The second kappa shape index (κ2) is 6.35. The zero-order valence-corrected chi connectivity index (χ0v) is 10.7. The van der Waals surface area contributed by atoms with Crippen molar-refractivity contribution in [2.75, 3.05) is 19.6 Å². The van der Waals surface area contributed by atoms with E-state index in [4.69, 9.17) is 5.73 Å². The van der Waals surface area contributed by atoms with Gasteiger partial charge in [0.05, 0.1) is 5.56 Å². The van der Waals surface area contributed by atoms with Crippen molar-refractivity contribution in [2.24, 2.45) is 11.7 Å². The second-order valence-corrected chi connectivity index (χ2v) is 4.35. The van der Waals surface area contributed by atoms with Crippen LogP contribution in [0, 0.1) is 11.7 Å². The summed E-state index contributed by atoms with van der Waals surface area (Å²) in [6.45, 7) is 5.31. The summed E-state index contributed by atoms with van der Waals surface area (Å²) in [7, 11) is 0. The van der Waals surface area contributed by atoms with Gasteiger partial charge in [0, 0.05) is 19.2 Å². The molecule has 100 valence electrons. The maximum atomic E-state index is 12.9. The van der Waals surface area contributed by atoms with Crippen molar-refractivity contribution >= 4 is 5.91 Å². The van der Waals surface area contributed by atoms with E-state index in [1.165, 1.54) is 6.07 Å². The zero-order valence-electron chi connectivity index (χ0n) is 10.7. The molecule has 0 aliphatic heterocycles. The molecule has 1 aromatic rings. The van der Waals surface area contributed by atoms with E-state index in [-0.39, 0.29) is 23.1 Å². The molecule has 3 N–H and O–H groups in total. The molecule has 1 rings (SSSR count). The first-order valence-corrected chi connectivity index (χ1v) is 5.97. The third-order valence-electron chi connectivity index (χ3n) is 2.79. The number of phenols is 1. The summed E-state index contributed by atoms with van der Waals surface area (Å²) in [4.78, 5) is 13.7. The number of hydrogen-bond donors (Lipinski definition) is 2. The van der Waals surface area contributed by atoms with Crippen LogP contribution in [0.3, 0.4) is 0 Å². The van der Waals surface area contributed by atoms with Gasteiger partial charge in [0.15, 0.2) is 0 Å². The number of nitrogens with zero attached hydrogens (tertiary/aromatic N) is 1. The molecule has 5 heteroatoms. The van der Waals surface area contributed by atoms with Crippen molar-refractivity contribution in [3.05, 3.63) is 29.6 Å². The molecule has 0 radical (unpaired) electrons. The average Bonchev–Trinajstić information content (AvgIpc) is 2.34. The summed E-state index contributed by atoms with van der Waals surface area (Å²) < 4.78 is 12.9. The van der Waals surface area contributed by atoms with Gasteiger partial charge in [-0.15, -0.1) is 0 Å². The van der Waals surface area contributed by atoms with Gasteiger partial charge in [-0.2, -0.15) is 0 Å². The lowest BCUT2D eigenvalue weighted by molar-refractivity contribution is 0.0740. The Kier molecular flexibility index (Phi) is 5.09. The van der Waals surface area contributed by atoms with Crippen molar-refractivity contribution in [1.29, 1.82) is 0 Å². The van der Waals surface area contributed by atoms with Crippen LogP contribution in [0.5, 0.6) is 5.75 Å². The maximum Gasteiger partial charge on any atom is 0.257 e. The Labute approximate surface area is 106 Å². The van der Waals surface area contributed by atoms with Crippen molar-refractivity contribution in [1.82, 2.24) is 4.90 Å². The van der Waals surface area contributed by atoms with Crippen LogP contribution in [0.15, 0.2) is 18.2 Å². The highest BCUT2D eigenvalue weighted by Gasteiger charge is 2.19. The molecule has 1 aromatic carbocycles. The molecule has 0 fully saturated rings. The average molecular weight is 254 g/mol. The Bertz CT molecular complexity index is 423. The highest BCUT2D eigenvalue weighted by molar-refractivity contribution is 5.96. The van der Waals surface area contributed by atoms with E-state index in [0.717, 1.165) is 12.1 Å². The Morgan fingerprint density at radius 1 is 1.56 bits per heavy atom. The molecule has 0 saturated heterocycles. The quantitative estimate of drug-likeness (QED) is 0.838. The van der Waals surface area contributed by atoms with Crippen LogP contribution in [-0.4, -0.2) is 35.5 Å². The summed E-state index contributed by atoms with van der Waals surface area (Å²) in [5.74, 6) is -1.03. The predicted molar refractivity (Wildman–Crippen MR) is 67.9 cm³/mol. The fourth-order valence-corrected chi connectivity index (χ4v) is 1.66. The molecule has 0 spiro atoms. The van der Waals surface area contributed by atoms with Gasteiger partial charge in [-0.05, 0) is 31.5 Å². The number of nitrogens with two attached hydrogens (primary N) is 1. The number of halogens is 1. The number of rotatable bonds is 5. The van der Waals surface area contributed by atoms with Gasteiger partial charge in [0.1, 0.15) is 11.6 Å². The molecule has 0 aromatic heterocycles. The van der Waals surface area contributed by atoms with E-state index >= 15 is 0 Å². The second-order valence-electron chi connectivity index (χ2n) is 4.35. The minimum Gasteiger partial charge on any atom is -0.507 e. The number of aromatic hydroxyl groups is 1. The fraction of sp³-hybridized carbons (Fsp3) is 0.462. The molecular formula is C13H19FN2O2. The summed E-state index contributed by atoms with van der Waals surface area (Å²) in [5.41, 5.74) is 5.64. The number of carbonyl (C=O) groups is 1. The summed E-state index contributed by atoms with van der Waals surface area (Å²) in [6, 6.07) is 3.39. The Hall–Kier alpha value is -1.62. The standard InChI is InChI=1S/C13H19FN2O2/c1-3-16(8-9(2)7-15)13(18)11-5-4-10(14)6-12(11)17/h4-6,9,17H,3,7-8,15H2,1-2H3. The van der Waals surface area contributed by atoms with Crippen LogP contribution in [0.1, 0.15) is 24.2 Å². The van der Waals surface area contributed by atoms with E-state index in [0.29, 0.717) is 19.6 Å². The van der Waals surface area contributed by atoms with Gasteiger partial charge in [0.2, 0.25) is 0 Å². The van der Waals surface area contributed by atoms with E-state index in [1.54, 1.807) is 4.90 Å². The van der Waals surface area contributed by atoms with Crippen LogP contribution in [0.25, 0.3) is 0 Å². The normalized spacial score (nSPS) is 12.2. The van der Waals surface area contributed by atoms with Crippen LogP contribution in [-0.2, 0) is 0 Å². The molecule has 0 aliphatic rings. The zero-order chi connectivity index (χ0) is 13.7. The van der Waals surface area contributed by atoms with E-state index in [9.17, 15) is 14.3 Å². The smallest absolute Gasteiger partial charge is 0.257 e. The monoisotopic (exact) mass is 254 g/mol. The van der Waals surface area contributed by atoms with Crippen molar-refractivity contribution in [3.8, 4) is 5.75 Å². The Morgan fingerprint density at radius 3 is 2.72 bits per heavy atom. The fourth-order valence-electron chi connectivity index (χ4n) is 1.66. The maximum absolute atomic E-state index is 12.9. The predicted octanol–water partition coefficient (Wildman–Crippen LogP) is 1.59. The summed E-state index contributed by atoms with van der Waals surface area (Å²) in [6.07, 6.45) is 0. The lowest BCUT2D eigenvalue weighted by Gasteiger charge is -2.24. The van der Waals surface area contributed by atoms with Gasteiger partial charge in [-0.1, -0.05) is 6.92 Å². The lowest BCUT2D eigenvalue weighted by Crippen LogP contribution is -2.36. The van der Waals surface area contributed by atoms with Crippen molar-refractivity contribution < 1.29 is 14.3 Å². The molecule has 0 heterocycles. The number of hydrogen-bond acceptors (Lipinski definition) is 3. The van der Waals surface area contributed by atoms with Crippen LogP contribution in [0.2, 0.25) is 0 Å². The number of phenolic OH excluding ortho intramolecular Hbond substituents is 1. The topological polar surface area (TPSA) is 66.6 Å². The molecule has 0 aliphatic carbocycles. The molecule has 1 amide bonds. The summed E-state index contributed by atoms with van der Waals surface area (Å²) in [5, 5.41) is 9.59. The number of benzene rings is 1. The molecule has 18 heavy (non-hydrogen) atoms. The van der Waals surface area contributed by atoms with E-state index in [2.05, 4.69) is 0 Å². The largest absolute Gasteiger partial charge is 0.507 e. The van der Waals surface area contributed by atoms with Gasteiger partial charge in [-0.25, -0.2) is 4.39 Å². The molecule has 0 saturated carbocycles. The third kappa shape index (κ3) is 3.43. The van der Waals surface area contributed by atoms with Gasteiger partial charge in [-0.3, -0.25) is 4.79 Å². The number of carbonyl (C=O) groups excluding carboxylic acids is 1. The number of amides is 1. The van der Waals surface area contributed by atoms with Gasteiger partial charge < -0.3 is 15.7 Å². The first-order valence-electron chi connectivity index (χ1n) is 5.97. The van der Waals surface area contributed by atoms with Crippen LogP contribution >= 0.6 is 0 Å². The lowest BCUT2D eigenvalue weighted by atomic mass is 10.1. The first kappa shape index (κ1) is 14.4. The minimum atomic E-state index is -0.567. The molecule has 4 nitrogen and oxygen atoms in total. The Morgan fingerprint density at radius 2 is 2.22 bits per heavy atom. The van der Waals surface area contributed by atoms with Crippen LogP contribution < -0.4 is 5.73 Å². The molecule has 0 bridgehead atoms. The third-order valence-corrected chi connectivity index (χ3v) is 2.79. The molecule has 1 unspecified atom stereocenters. The highest BCUT2D eigenvalue weighted by atomic mass is 19.1. The van der Waals surface area contributed by atoms with Gasteiger partial charge >= 0.3 is 0 Å². The van der Waals surface area contributed by atoms with Gasteiger partial charge in [0.25, 0.3) is 5.91 Å². The molecule has 1 atom stereocenters. The minimum absolute atomic E-state index is 0.113. The summed E-state index contributed by atoms with van der Waals surface area (Å²) >= 11 is 0. The van der Waals surface area contributed by atoms with E-state index < -0.39 is 5.82 Å².